The Hall–Kier alpha value is -3.03. The van der Waals surface area contributed by atoms with Crippen LogP contribution in [0.3, 0.4) is 0 Å². The number of benzene rings is 1. The number of aryl methyl sites for hydroxylation is 1. The van der Waals surface area contributed by atoms with Crippen molar-refractivity contribution < 1.29 is 24.2 Å². The van der Waals surface area contributed by atoms with Gasteiger partial charge in [0.1, 0.15) is 23.4 Å². The van der Waals surface area contributed by atoms with Crippen molar-refractivity contribution in [3.63, 3.8) is 0 Å². The Balaban J connectivity index is 3.29. The number of hydrogen-bond donors (Lipinski definition) is 3. The lowest BCUT2D eigenvalue weighted by Crippen LogP contribution is -2.52. The molecule has 32 heavy (non-hydrogen) atoms. The summed E-state index contributed by atoms with van der Waals surface area (Å²) in [6, 6.07) is 2.98. The minimum absolute atomic E-state index is 0.0401. The van der Waals surface area contributed by atoms with Gasteiger partial charge in [0.25, 0.3) is 0 Å². The first-order chi connectivity index (χ1) is 14.9. The monoisotopic (exact) mass is 447 g/mol. The molecule has 0 radical (unpaired) electrons. The molecule has 0 saturated heterocycles. The maximum Gasteiger partial charge on any atom is 0.408 e. The molecule has 0 aromatic heterocycles. The van der Waals surface area contributed by atoms with E-state index in [-0.39, 0.29) is 12.3 Å². The predicted molar refractivity (Wildman–Crippen MR) is 124 cm³/mol. The number of nitrogens with one attached hydrogen (secondary N) is 2. The van der Waals surface area contributed by atoms with Crippen LogP contribution < -0.4 is 10.6 Å². The van der Waals surface area contributed by atoms with E-state index < -0.39 is 35.6 Å². The smallest absolute Gasteiger partial charge is 0.408 e. The molecule has 0 aliphatic carbocycles. The summed E-state index contributed by atoms with van der Waals surface area (Å²) in [4.78, 5) is 40.0. The second-order valence-electron chi connectivity index (χ2n) is 8.71. The van der Waals surface area contributed by atoms with Gasteiger partial charge < -0.3 is 25.4 Å². The number of unbranched alkanes of at least 4 members (excludes halogenated alkanes) is 1. The normalized spacial score (nSPS) is 12.9. The van der Waals surface area contributed by atoms with E-state index in [1.54, 1.807) is 45.9 Å². The summed E-state index contributed by atoms with van der Waals surface area (Å²) in [5, 5.41) is 16.0. The summed E-state index contributed by atoms with van der Waals surface area (Å²) < 4.78 is 5.23. The van der Waals surface area contributed by atoms with Crippen LogP contribution in [-0.4, -0.2) is 52.6 Å². The van der Waals surface area contributed by atoms with E-state index >= 15 is 0 Å². The summed E-state index contributed by atoms with van der Waals surface area (Å²) in [6.45, 7) is 14.6. The second-order valence-corrected chi connectivity index (χ2v) is 8.71. The Labute approximate surface area is 191 Å². The van der Waals surface area contributed by atoms with E-state index in [1.165, 1.54) is 17.9 Å². The highest BCUT2D eigenvalue weighted by molar-refractivity contribution is 5.92. The summed E-state index contributed by atoms with van der Waals surface area (Å²) in [6.07, 6.45) is 2.44. The Morgan fingerprint density at radius 2 is 1.94 bits per heavy atom. The van der Waals surface area contributed by atoms with E-state index in [1.807, 2.05) is 6.92 Å². The average molecular weight is 448 g/mol. The van der Waals surface area contributed by atoms with Crippen LogP contribution in [-0.2, 0) is 14.3 Å². The lowest BCUT2D eigenvalue weighted by atomic mass is 9.99. The zero-order valence-corrected chi connectivity index (χ0v) is 20.0. The van der Waals surface area contributed by atoms with Crippen LogP contribution in [0, 0.1) is 6.92 Å². The SMILES string of the molecule is C=CCN(C(=O)C(C)NC(=O)OC(C)(C)C)C(C(=O)NCCCC)c1cccc(C)c1O. The van der Waals surface area contributed by atoms with Crippen LogP contribution >= 0.6 is 0 Å². The van der Waals surface area contributed by atoms with Gasteiger partial charge in [0.05, 0.1) is 0 Å². The molecule has 8 nitrogen and oxygen atoms in total. The topological polar surface area (TPSA) is 108 Å². The minimum atomic E-state index is -1.10. The molecule has 0 heterocycles. The van der Waals surface area contributed by atoms with Gasteiger partial charge in [-0.05, 0) is 46.6 Å². The van der Waals surface area contributed by atoms with Crippen LogP contribution in [0.15, 0.2) is 30.9 Å². The molecule has 0 aliphatic rings. The van der Waals surface area contributed by atoms with Gasteiger partial charge in [-0.3, -0.25) is 9.59 Å². The number of para-hydroxylation sites is 1. The molecule has 0 aliphatic heterocycles. The molecular weight excluding hydrogens is 410 g/mol. The first-order valence-electron chi connectivity index (χ1n) is 10.9. The number of nitrogens with zero attached hydrogens (tertiary/aromatic N) is 1. The van der Waals surface area contributed by atoms with E-state index in [0.29, 0.717) is 17.7 Å². The van der Waals surface area contributed by atoms with Crippen molar-refractivity contribution in [1.82, 2.24) is 15.5 Å². The van der Waals surface area contributed by atoms with Crippen molar-refractivity contribution in [2.75, 3.05) is 13.1 Å². The fraction of sp³-hybridized carbons (Fsp3) is 0.542. The van der Waals surface area contributed by atoms with Crippen molar-refractivity contribution in [2.45, 2.75) is 72.1 Å². The van der Waals surface area contributed by atoms with Gasteiger partial charge in [-0.2, -0.15) is 0 Å². The Kier molecular flexibility index (Phi) is 10.2. The second kappa shape index (κ2) is 12.1. The van der Waals surface area contributed by atoms with E-state index in [4.69, 9.17) is 4.74 Å². The van der Waals surface area contributed by atoms with Crippen LogP contribution in [0.4, 0.5) is 4.79 Å². The van der Waals surface area contributed by atoms with Crippen LogP contribution in [0.2, 0.25) is 0 Å². The highest BCUT2D eigenvalue weighted by Gasteiger charge is 2.35. The molecule has 8 heteroatoms. The van der Waals surface area contributed by atoms with Crippen molar-refractivity contribution in [1.29, 1.82) is 0 Å². The quantitative estimate of drug-likeness (QED) is 0.375. The minimum Gasteiger partial charge on any atom is -0.507 e. The van der Waals surface area contributed by atoms with Gasteiger partial charge in [0.2, 0.25) is 11.8 Å². The number of ether oxygens (including phenoxy) is 1. The maximum absolute atomic E-state index is 13.3. The van der Waals surface area contributed by atoms with Crippen LogP contribution in [0.1, 0.15) is 64.6 Å². The maximum atomic E-state index is 13.3. The summed E-state index contributed by atoms with van der Waals surface area (Å²) in [7, 11) is 0. The van der Waals surface area contributed by atoms with Crippen molar-refractivity contribution in [3.8, 4) is 5.75 Å². The zero-order chi connectivity index (χ0) is 24.5. The number of amides is 3. The Morgan fingerprint density at radius 3 is 2.50 bits per heavy atom. The molecule has 2 atom stereocenters. The largest absolute Gasteiger partial charge is 0.507 e. The lowest BCUT2D eigenvalue weighted by Gasteiger charge is -2.33. The van der Waals surface area contributed by atoms with Crippen LogP contribution in [0.5, 0.6) is 5.75 Å². The predicted octanol–water partition coefficient (Wildman–Crippen LogP) is 3.59. The number of carbonyl (C=O) groups is 3. The summed E-state index contributed by atoms with van der Waals surface area (Å²) in [5.41, 5.74) is 0.168. The Bertz CT molecular complexity index is 816. The average Bonchev–Trinajstić information content (AvgIpc) is 2.68. The molecular formula is C24H37N3O5. The lowest BCUT2D eigenvalue weighted by molar-refractivity contribution is -0.141. The molecule has 0 fully saturated rings. The number of carbonyl (C=O) groups excluding carboxylic acids is 3. The summed E-state index contributed by atoms with van der Waals surface area (Å²) >= 11 is 0. The van der Waals surface area contributed by atoms with Crippen molar-refractivity contribution in [2.24, 2.45) is 0 Å². The number of alkyl carbamates (subject to hydrolysis) is 1. The van der Waals surface area contributed by atoms with Crippen molar-refractivity contribution >= 4 is 17.9 Å². The third kappa shape index (κ3) is 7.90. The third-order valence-electron chi connectivity index (χ3n) is 4.67. The van der Waals surface area contributed by atoms with Gasteiger partial charge in [-0.1, -0.05) is 37.6 Å². The molecule has 3 amide bonds. The molecule has 0 saturated carbocycles. The van der Waals surface area contributed by atoms with Gasteiger partial charge in [0.15, 0.2) is 0 Å². The standard InChI is InChI=1S/C24H37N3O5/c1-8-10-14-25-21(29)19(18-13-11-12-16(3)20(18)28)27(15-9-2)22(30)17(4)26-23(31)32-24(5,6)7/h9,11-13,17,19,28H,2,8,10,14-15H2,1,3-7H3,(H,25,29)(H,26,31). The first kappa shape index (κ1) is 27.0. The number of phenols is 1. The molecule has 1 aromatic rings. The molecule has 1 aromatic carbocycles. The van der Waals surface area contributed by atoms with Gasteiger partial charge >= 0.3 is 6.09 Å². The molecule has 3 N–H and O–H groups in total. The van der Waals surface area contributed by atoms with E-state index in [2.05, 4.69) is 17.2 Å². The number of phenolic OH excluding ortho intramolecular Hbond substituents is 1. The fourth-order valence-electron chi connectivity index (χ4n) is 3.09. The molecule has 2 unspecified atom stereocenters. The highest BCUT2D eigenvalue weighted by atomic mass is 16.6. The zero-order valence-electron chi connectivity index (χ0n) is 20.0. The Morgan fingerprint density at radius 1 is 1.28 bits per heavy atom. The summed E-state index contributed by atoms with van der Waals surface area (Å²) in [5.74, 6) is -0.982. The molecule has 0 spiro atoms. The third-order valence-corrected chi connectivity index (χ3v) is 4.67. The van der Waals surface area contributed by atoms with E-state index in [0.717, 1.165) is 12.8 Å². The van der Waals surface area contributed by atoms with Gasteiger partial charge in [0, 0.05) is 18.7 Å². The fourth-order valence-corrected chi connectivity index (χ4v) is 3.09. The van der Waals surface area contributed by atoms with Crippen LogP contribution in [0.25, 0.3) is 0 Å². The van der Waals surface area contributed by atoms with Gasteiger partial charge in [-0.15, -0.1) is 6.58 Å². The molecule has 1 rings (SSSR count). The molecule has 178 valence electrons. The van der Waals surface area contributed by atoms with E-state index in [9.17, 15) is 19.5 Å². The van der Waals surface area contributed by atoms with Gasteiger partial charge in [-0.25, -0.2) is 4.79 Å². The molecule has 0 bridgehead atoms. The first-order valence-corrected chi connectivity index (χ1v) is 10.9. The highest BCUT2D eigenvalue weighted by Crippen LogP contribution is 2.32. The number of hydrogen-bond acceptors (Lipinski definition) is 5. The number of aromatic hydroxyl groups is 1. The number of rotatable bonds is 10. The van der Waals surface area contributed by atoms with Crippen molar-refractivity contribution in [3.05, 3.63) is 42.0 Å².